The van der Waals surface area contributed by atoms with Gasteiger partial charge in [-0.1, -0.05) is 6.07 Å². The Bertz CT molecular complexity index is 1330. The Morgan fingerprint density at radius 2 is 2.08 bits per heavy atom. The molecule has 6 rings (SSSR count). The molecule has 2 unspecified atom stereocenters. The molecule has 0 bridgehead atoms. The number of pyridine rings is 1. The average Bonchev–Trinajstić information content (AvgIpc) is 3.56. The minimum absolute atomic E-state index is 0.0584. The number of cyclic esters (lactones) is 1. The van der Waals surface area contributed by atoms with Gasteiger partial charge >= 0.3 is 5.97 Å². The first kappa shape index (κ1) is 22.7. The number of rotatable bonds is 4. The van der Waals surface area contributed by atoms with E-state index in [2.05, 4.69) is 25.4 Å². The Morgan fingerprint density at radius 1 is 1.19 bits per heavy atom. The third-order valence-electron chi connectivity index (χ3n) is 7.53. The highest BCUT2D eigenvalue weighted by Gasteiger charge is 2.37. The number of hydrogen-bond donors (Lipinski definition) is 0. The standard InChI is InChI=1S/C25H27N7O4/c1-15-7-23(32-14-27-28-29-32)26-9-17(15)8-24(33)31-6-5-30-11-22(35-12-18(30)10-31)19-3-4-20-21(16(19)2)13-36-25(20)34/h3-4,7,9,14,18,22H,5-6,8,10-13H2,1-2H3. The lowest BCUT2D eigenvalue weighted by Crippen LogP contribution is -2.59. The number of ether oxygens (including phenoxy) is 2. The van der Waals surface area contributed by atoms with Gasteiger partial charge in [0, 0.05) is 37.9 Å². The van der Waals surface area contributed by atoms with Crippen LogP contribution in [-0.2, 0) is 27.3 Å². The Kier molecular flexibility index (Phi) is 5.73. The lowest BCUT2D eigenvalue weighted by Gasteiger charge is -2.46. The van der Waals surface area contributed by atoms with Gasteiger partial charge in [-0.25, -0.2) is 9.78 Å². The number of benzene rings is 1. The molecule has 1 amide bonds. The summed E-state index contributed by atoms with van der Waals surface area (Å²) in [6.07, 6.45) is 3.47. The molecule has 5 heterocycles. The van der Waals surface area contributed by atoms with Crippen LogP contribution in [0.5, 0.6) is 0 Å². The van der Waals surface area contributed by atoms with Gasteiger partial charge in [0.25, 0.3) is 0 Å². The highest BCUT2D eigenvalue weighted by molar-refractivity contribution is 5.94. The SMILES string of the molecule is Cc1cc(-n2cnnn2)ncc1CC(=O)N1CCN2CC(c3ccc4c(c3C)COC4=O)OCC2C1. The molecule has 0 radical (unpaired) electrons. The Morgan fingerprint density at radius 3 is 2.89 bits per heavy atom. The predicted octanol–water partition coefficient (Wildman–Crippen LogP) is 1.17. The van der Waals surface area contributed by atoms with Crippen LogP contribution in [0.2, 0.25) is 0 Å². The van der Waals surface area contributed by atoms with Crippen LogP contribution in [0, 0.1) is 13.8 Å². The zero-order valence-electron chi connectivity index (χ0n) is 20.3. The third-order valence-corrected chi connectivity index (χ3v) is 7.53. The zero-order chi connectivity index (χ0) is 24.8. The number of morpholine rings is 1. The summed E-state index contributed by atoms with van der Waals surface area (Å²) in [5, 5.41) is 11.1. The Hall–Kier alpha value is -3.70. The first-order valence-electron chi connectivity index (χ1n) is 12.1. The van der Waals surface area contributed by atoms with E-state index >= 15 is 0 Å². The van der Waals surface area contributed by atoms with Gasteiger partial charge in [0.1, 0.15) is 12.9 Å². The summed E-state index contributed by atoms with van der Waals surface area (Å²) in [4.78, 5) is 33.8. The highest BCUT2D eigenvalue weighted by Crippen LogP contribution is 2.33. The van der Waals surface area contributed by atoms with Crippen molar-refractivity contribution in [3.63, 3.8) is 0 Å². The van der Waals surface area contributed by atoms with Crippen LogP contribution in [0.25, 0.3) is 5.82 Å². The number of piperazine rings is 1. The number of fused-ring (bicyclic) bond motifs is 2. The number of hydrogen-bond acceptors (Lipinski definition) is 9. The summed E-state index contributed by atoms with van der Waals surface area (Å²) in [7, 11) is 0. The van der Waals surface area contributed by atoms with E-state index in [0.29, 0.717) is 44.1 Å². The summed E-state index contributed by atoms with van der Waals surface area (Å²) in [6.45, 7) is 7.79. The molecule has 2 aromatic heterocycles. The van der Waals surface area contributed by atoms with Crippen LogP contribution < -0.4 is 0 Å². The monoisotopic (exact) mass is 489 g/mol. The maximum Gasteiger partial charge on any atom is 0.338 e. The molecule has 1 aromatic carbocycles. The molecule has 0 aliphatic carbocycles. The molecular formula is C25H27N7O4. The van der Waals surface area contributed by atoms with Crippen molar-refractivity contribution >= 4 is 11.9 Å². The molecule has 11 nitrogen and oxygen atoms in total. The van der Waals surface area contributed by atoms with Crippen molar-refractivity contribution in [3.8, 4) is 5.82 Å². The molecule has 2 fully saturated rings. The van der Waals surface area contributed by atoms with E-state index in [-0.39, 0.29) is 24.0 Å². The number of amides is 1. The van der Waals surface area contributed by atoms with Crippen LogP contribution in [0.3, 0.4) is 0 Å². The molecule has 0 saturated carbocycles. The van der Waals surface area contributed by atoms with E-state index in [4.69, 9.17) is 9.47 Å². The van der Waals surface area contributed by atoms with Gasteiger partial charge in [-0.2, -0.15) is 4.68 Å². The van der Waals surface area contributed by atoms with E-state index in [9.17, 15) is 9.59 Å². The van der Waals surface area contributed by atoms with Crippen molar-refractivity contribution < 1.29 is 19.1 Å². The highest BCUT2D eigenvalue weighted by atomic mass is 16.5. The summed E-state index contributed by atoms with van der Waals surface area (Å²) >= 11 is 0. The first-order chi connectivity index (χ1) is 17.5. The third kappa shape index (κ3) is 4.03. The minimum atomic E-state index is -0.250. The quantitative estimate of drug-likeness (QED) is 0.498. The molecule has 186 valence electrons. The van der Waals surface area contributed by atoms with E-state index < -0.39 is 0 Å². The van der Waals surface area contributed by atoms with Gasteiger partial charge in [-0.15, -0.1) is 5.10 Å². The van der Waals surface area contributed by atoms with Crippen LogP contribution in [0.15, 0.2) is 30.7 Å². The van der Waals surface area contributed by atoms with Crippen molar-refractivity contribution in [2.75, 3.05) is 32.8 Å². The maximum absolute atomic E-state index is 13.1. The van der Waals surface area contributed by atoms with E-state index in [1.807, 2.05) is 36.9 Å². The number of nitrogens with zero attached hydrogens (tertiary/aromatic N) is 7. The molecule has 11 heteroatoms. The lowest BCUT2D eigenvalue weighted by atomic mass is 9.94. The zero-order valence-corrected chi connectivity index (χ0v) is 20.3. The molecule has 3 aromatic rings. The molecule has 2 atom stereocenters. The van der Waals surface area contributed by atoms with E-state index in [1.54, 1.807) is 6.20 Å². The number of aromatic nitrogens is 5. The molecule has 2 saturated heterocycles. The van der Waals surface area contributed by atoms with Gasteiger partial charge < -0.3 is 14.4 Å². The van der Waals surface area contributed by atoms with Crippen LogP contribution in [-0.4, -0.2) is 85.7 Å². The van der Waals surface area contributed by atoms with E-state index in [0.717, 1.165) is 40.9 Å². The summed E-state index contributed by atoms with van der Waals surface area (Å²) in [6, 6.07) is 5.90. The molecule has 3 aliphatic heterocycles. The topological polar surface area (TPSA) is 116 Å². The van der Waals surface area contributed by atoms with Gasteiger partial charge in [-0.05, 0) is 58.7 Å². The number of esters is 1. The lowest BCUT2D eigenvalue weighted by molar-refractivity contribution is -0.139. The number of tetrazole rings is 1. The summed E-state index contributed by atoms with van der Waals surface area (Å²) < 4.78 is 13.0. The molecule has 36 heavy (non-hydrogen) atoms. The van der Waals surface area contributed by atoms with Crippen LogP contribution in [0.4, 0.5) is 0 Å². The van der Waals surface area contributed by atoms with Gasteiger partial charge in [-0.3, -0.25) is 9.69 Å². The van der Waals surface area contributed by atoms with Crippen molar-refractivity contribution in [2.24, 2.45) is 0 Å². The van der Waals surface area contributed by atoms with E-state index in [1.165, 1.54) is 11.0 Å². The Labute approximate surface area is 208 Å². The van der Waals surface area contributed by atoms with Crippen LogP contribution in [0.1, 0.15) is 44.3 Å². The smallest absolute Gasteiger partial charge is 0.338 e. The van der Waals surface area contributed by atoms with Crippen molar-refractivity contribution in [1.29, 1.82) is 0 Å². The van der Waals surface area contributed by atoms with Gasteiger partial charge in [0.2, 0.25) is 5.91 Å². The summed E-state index contributed by atoms with van der Waals surface area (Å²) in [5.74, 6) is 0.462. The average molecular weight is 490 g/mol. The second-order valence-corrected chi connectivity index (χ2v) is 9.59. The van der Waals surface area contributed by atoms with Gasteiger partial charge in [0.05, 0.1) is 30.7 Å². The fourth-order valence-corrected chi connectivity index (χ4v) is 5.34. The minimum Gasteiger partial charge on any atom is -0.457 e. The molecule has 0 spiro atoms. The molecular weight excluding hydrogens is 462 g/mol. The fourth-order valence-electron chi connectivity index (χ4n) is 5.34. The number of carbonyl (C=O) groups is 2. The van der Waals surface area contributed by atoms with Gasteiger partial charge in [0.15, 0.2) is 5.82 Å². The first-order valence-corrected chi connectivity index (χ1v) is 12.1. The Balaban J connectivity index is 1.08. The number of aryl methyl sites for hydroxylation is 1. The van der Waals surface area contributed by atoms with Crippen molar-refractivity contribution in [3.05, 3.63) is 64.1 Å². The van der Waals surface area contributed by atoms with Crippen molar-refractivity contribution in [1.82, 2.24) is 35.0 Å². The second-order valence-electron chi connectivity index (χ2n) is 9.59. The predicted molar refractivity (Wildman–Crippen MR) is 126 cm³/mol. The fraction of sp³-hybridized carbons (Fsp3) is 0.440. The van der Waals surface area contributed by atoms with Crippen molar-refractivity contribution in [2.45, 2.75) is 39.0 Å². The molecule has 3 aliphatic rings. The normalized spacial score (nSPS) is 21.7. The van der Waals surface area contributed by atoms with Crippen LogP contribution >= 0.6 is 0 Å². The summed E-state index contributed by atoms with van der Waals surface area (Å²) in [5.41, 5.74) is 5.68. The maximum atomic E-state index is 13.1. The number of carbonyl (C=O) groups excluding carboxylic acids is 2. The second kappa shape index (κ2) is 9.07. The molecule has 0 N–H and O–H groups in total. The largest absolute Gasteiger partial charge is 0.457 e.